The second-order valence-corrected chi connectivity index (χ2v) is 37.4. The fourth-order valence-corrected chi connectivity index (χ4v) is 123. The van der Waals surface area contributed by atoms with E-state index in [1.54, 1.807) is 0 Å². The molecule has 4 fully saturated rings. The second-order valence-electron chi connectivity index (χ2n) is 1.38. The summed E-state index contributed by atoms with van der Waals surface area (Å²) in [6, 6.07) is 0. The molecule has 0 aromatic rings. The Morgan fingerprint density at radius 1 is 0.400 bits per heavy atom. The van der Waals surface area contributed by atoms with E-state index in [9.17, 15) is 0 Å². The highest BCUT2D eigenvalue weighted by atomic mass is 34.0. The lowest BCUT2D eigenvalue weighted by atomic mass is 29.0. The third-order valence-corrected chi connectivity index (χ3v) is 64.8. The van der Waals surface area contributed by atoms with Gasteiger partial charge in [-0.05, 0) is 0 Å². The number of hydrogen-bond acceptors (Lipinski definition) is 6. The average molecular weight is 316 g/mol. The van der Waals surface area contributed by atoms with Crippen molar-refractivity contribution in [1.82, 2.24) is 0 Å². The Labute approximate surface area is 87.1 Å². The van der Waals surface area contributed by atoms with Gasteiger partial charge in [-0.3, -0.25) is 0 Å². The molecule has 56 valence electrons. The molecule has 0 aromatic heterocycles. The third-order valence-electron chi connectivity index (χ3n) is 0.800. The summed E-state index contributed by atoms with van der Waals surface area (Å²) in [6.45, 7) is 0. The molecule has 4 aliphatic rings. The zero-order valence-corrected chi connectivity index (χ0v) is 12.7. The molecule has 4 aliphatic heterocycles. The SMILES string of the molecule is S1P2SP3SP1SP(S2)S3. The Morgan fingerprint density at radius 3 is 0.800 bits per heavy atom. The van der Waals surface area contributed by atoms with Gasteiger partial charge in [0.25, 0.3) is 0 Å². The Kier molecular flexibility index (Phi) is 3.41. The van der Waals surface area contributed by atoms with Gasteiger partial charge in [-0.1, -0.05) is 66.0 Å². The average Bonchev–Trinajstić information content (AvgIpc) is 1.82. The van der Waals surface area contributed by atoms with Gasteiger partial charge in [-0.25, -0.2) is 0 Å². The second kappa shape index (κ2) is 3.76. The number of hydrogen-bond donors (Lipinski definition) is 0. The molecule has 4 bridgehead atoms. The standard InChI is InChI=1S/P4S6/c5-1-6-3-8-2(5)9-4(7-1)10-3. The van der Waals surface area contributed by atoms with Crippen molar-refractivity contribution < 1.29 is 0 Å². The van der Waals surface area contributed by atoms with Crippen LogP contribution in [0.15, 0.2) is 0 Å². The van der Waals surface area contributed by atoms with E-state index in [-0.39, 0.29) is 0 Å². The molecule has 0 spiro atoms. The van der Waals surface area contributed by atoms with Gasteiger partial charge >= 0.3 is 0 Å². The normalized spacial score (nSPS) is 57.6. The minimum absolute atomic E-state index is 0.362. The first kappa shape index (κ1) is 9.08. The molecule has 0 aromatic carbocycles. The van der Waals surface area contributed by atoms with Crippen LogP contribution in [0.3, 0.4) is 0 Å². The molecular formula is P4S6. The third kappa shape index (κ3) is 1.79. The van der Waals surface area contributed by atoms with Crippen LogP contribution in [0.4, 0.5) is 0 Å². The van der Waals surface area contributed by atoms with Crippen LogP contribution in [-0.2, 0) is 0 Å². The molecule has 0 saturated carbocycles. The van der Waals surface area contributed by atoms with E-state index in [1.807, 2.05) is 0 Å². The highest BCUT2D eigenvalue weighted by Crippen LogP contribution is 3.21. The Bertz CT molecular complexity index is 101. The van der Waals surface area contributed by atoms with Crippen molar-refractivity contribution in [2.24, 2.45) is 0 Å². The molecule has 0 unspecified atom stereocenters. The van der Waals surface area contributed by atoms with Crippen molar-refractivity contribution >= 4 is 88.1 Å². The quantitative estimate of drug-likeness (QED) is 0.426. The van der Waals surface area contributed by atoms with Crippen LogP contribution in [0.5, 0.6) is 0 Å². The molecule has 0 N–H and O–H groups in total. The first-order valence-electron chi connectivity index (χ1n) is 2.19. The molecule has 10 heavy (non-hydrogen) atoms. The van der Waals surface area contributed by atoms with Crippen LogP contribution < -0.4 is 0 Å². The van der Waals surface area contributed by atoms with Crippen molar-refractivity contribution in [1.29, 1.82) is 0 Å². The molecule has 4 heterocycles. The van der Waals surface area contributed by atoms with Gasteiger partial charge in [0.2, 0.25) is 0 Å². The van der Waals surface area contributed by atoms with Gasteiger partial charge in [0, 0.05) is 0 Å². The zero-order valence-electron chi connectivity index (χ0n) is 4.24. The van der Waals surface area contributed by atoms with Crippen molar-refractivity contribution in [3.05, 3.63) is 0 Å². The summed E-state index contributed by atoms with van der Waals surface area (Å²) in [6.07, 6.45) is 0. The molecule has 0 amide bonds. The fraction of sp³-hybridized carbons (Fsp3) is 0. The fourth-order valence-electron chi connectivity index (χ4n) is 0.505. The van der Waals surface area contributed by atoms with Gasteiger partial charge in [-0.2, -0.15) is 0 Å². The summed E-state index contributed by atoms with van der Waals surface area (Å²) in [5, 5.41) is 0. The molecule has 0 atom stereocenters. The lowest BCUT2D eigenvalue weighted by Gasteiger charge is -2.43. The van der Waals surface area contributed by atoms with Gasteiger partial charge in [0.1, 0.15) is 0 Å². The maximum absolute atomic E-state index is 2.31. The summed E-state index contributed by atoms with van der Waals surface area (Å²) in [5.41, 5.74) is 1.45. The highest BCUT2D eigenvalue weighted by Gasteiger charge is 2.47. The van der Waals surface area contributed by atoms with Gasteiger partial charge < -0.3 is 0 Å². The van der Waals surface area contributed by atoms with Crippen molar-refractivity contribution in [2.75, 3.05) is 0 Å². The summed E-state index contributed by atoms with van der Waals surface area (Å²) in [4.78, 5) is 0. The van der Waals surface area contributed by atoms with Crippen molar-refractivity contribution in [3.63, 3.8) is 0 Å². The minimum atomic E-state index is 0.362. The molecule has 0 aliphatic carbocycles. The predicted molar refractivity (Wildman–Crippen MR) is 73.2 cm³/mol. The largest absolute Gasteiger partial charge is 0.0908 e. The molecular weight excluding hydrogens is 316 g/mol. The van der Waals surface area contributed by atoms with E-state index in [2.05, 4.69) is 66.0 Å². The maximum Gasteiger partial charge on any atom is 0.0908 e. The van der Waals surface area contributed by atoms with Gasteiger partial charge in [0.15, 0.2) is 0 Å². The first-order chi connectivity index (χ1) is 4.90. The Morgan fingerprint density at radius 2 is 0.600 bits per heavy atom. The van der Waals surface area contributed by atoms with Crippen LogP contribution in [0, 0.1) is 0 Å². The smallest absolute Gasteiger partial charge is 0.0605 e. The van der Waals surface area contributed by atoms with Gasteiger partial charge in [-0.15, -0.1) is 0 Å². The van der Waals surface area contributed by atoms with Crippen molar-refractivity contribution in [3.8, 4) is 0 Å². The van der Waals surface area contributed by atoms with Crippen LogP contribution in [0.2, 0.25) is 0 Å². The molecule has 4 rings (SSSR count). The Balaban J connectivity index is 1.90. The van der Waals surface area contributed by atoms with Crippen LogP contribution in [0.1, 0.15) is 0 Å². The minimum Gasteiger partial charge on any atom is -0.0605 e. The molecule has 4 saturated heterocycles. The summed E-state index contributed by atoms with van der Waals surface area (Å²) < 4.78 is 0. The molecule has 0 nitrogen and oxygen atoms in total. The van der Waals surface area contributed by atoms with Crippen molar-refractivity contribution in [2.45, 2.75) is 0 Å². The van der Waals surface area contributed by atoms with Crippen LogP contribution >= 0.6 is 88.1 Å². The predicted octanol–water partition coefficient (Wildman–Crippen LogP) is 7.33. The molecule has 0 radical (unpaired) electrons. The summed E-state index contributed by atoms with van der Waals surface area (Å²) in [5.74, 6) is 0. The van der Waals surface area contributed by atoms with Crippen LogP contribution in [-0.4, -0.2) is 0 Å². The lowest BCUT2D eigenvalue weighted by Crippen LogP contribution is -1.70. The monoisotopic (exact) mass is 316 g/mol. The highest BCUT2D eigenvalue weighted by molar-refractivity contribution is 9.73. The summed E-state index contributed by atoms with van der Waals surface area (Å²) in [7, 11) is 0. The molecule has 10 heteroatoms. The van der Waals surface area contributed by atoms with Crippen LogP contribution in [0.25, 0.3) is 0 Å². The number of rotatable bonds is 0. The maximum atomic E-state index is 2.31. The van der Waals surface area contributed by atoms with E-state index in [4.69, 9.17) is 0 Å². The van der Waals surface area contributed by atoms with Gasteiger partial charge in [0.05, 0.1) is 22.1 Å². The topological polar surface area (TPSA) is 0 Å². The zero-order chi connectivity index (χ0) is 6.55. The Hall–Kier alpha value is 3.82. The van der Waals surface area contributed by atoms with E-state index in [1.165, 1.54) is 0 Å². The summed E-state index contributed by atoms with van der Waals surface area (Å²) >= 11 is 13.8. The van der Waals surface area contributed by atoms with E-state index in [0.717, 1.165) is 0 Å². The van der Waals surface area contributed by atoms with E-state index in [0.29, 0.717) is 22.1 Å². The first-order valence-corrected chi connectivity index (χ1v) is 19.7. The van der Waals surface area contributed by atoms with E-state index < -0.39 is 0 Å². The van der Waals surface area contributed by atoms with E-state index >= 15 is 0 Å². The lowest BCUT2D eigenvalue weighted by molar-refractivity contribution is 4.78.